The minimum Gasteiger partial charge on any atom is -0.352 e. The van der Waals surface area contributed by atoms with Crippen molar-refractivity contribution in [3.05, 3.63) is 33.4 Å². The molecular weight excluding hydrogens is 306 g/mol. The molecule has 128 valence electrons. The molecule has 0 radical (unpaired) electrons. The molecule has 1 amide bonds. The first kappa shape index (κ1) is 15.4. The summed E-state index contributed by atoms with van der Waals surface area (Å²) in [6.07, 6.45) is 3.21. The van der Waals surface area contributed by atoms with Crippen molar-refractivity contribution in [1.29, 1.82) is 0 Å². The van der Waals surface area contributed by atoms with Crippen LogP contribution in [0.4, 0.5) is 0 Å². The average Bonchev–Trinajstić information content (AvgIpc) is 3.10. The Balaban J connectivity index is 1.49. The zero-order valence-corrected chi connectivity index (χ0v) is 14.1. The maximum Gasteiger partial charge on any atom is 0.266 e. The van der Waals surface area contributed by atoms with Gasteiger partial charge in [0.25, 0.3) is 5.56 Å². The zero-order valence-electron chi connectivity index (χ0n) is 14.1. The number of aromatic nitrogens is 3. The van der Waals surface area contributed by atoms with E-state index in [-0.39, 0.29) is 22.8 Å². The van der Waals surface area contributed by atoms with Crippen molar-refractivity contribution in [2.75, 3.05) is 13.1 Å². The Morgan fingerprint density at radius 3 is 2.92 bits per heavy atom. The van der Waals surface area contributed by atoms with Crippen LogP contribution in [-0.4, -0.2) is 33.6 Å². The van der Waals surface area contributed by atoms with E-state index in [2.05, 4.69) is 20.7 Å². The monoisotopic (exact) mass is 329 g/mol. The molecule has 24 heavy (non-hydrogen) atoms. The summed E-state index contributed by atoms with van der Waals surface area (Å²) >= 11 is 0. The molecule has 3 heterocycles. The minimum atomic E-state index is -0.169. The first-order chi connectivity index (χ1) is 11.5. The molecule has 0 aromatic carbocycles. The highest BCUT2D eigenvalue weighted by Gasteiger charge is 2.57. The van der Waals surface area contributed by atoms with E-state index < -0.39 is 0 Å². The second kappa shape index (κ2) is 5.44. The van der Waals surface area contributed by atoms with Crippen LogP contribution in [0, 0.1) is 25.2 Å². The maximum atomic E-state index is 12.5. The molecule has 1 saturated carbocycles. The fraction of sp³-hybridized carbons (Fsp3) is 0.588. The molecule has 1 spiro atoms. The lowest BCUT2D eigenvalue weighted by Crippen LogP contribution is -2.33. The molecule has 2 aromatic rings. The van der Waals surface area contributed by atoms with Crippen molar-refractivity contribution in [1.82, 2.24) is 25.2 Å². The number of carbonyl (C=O) groups is 1. The molecule has 3 N–H and O–H groups in total. The van der Waals surface area contributed by atoms with Gasteiger partial charge in [-0.15, -0.1) is 0 Å². The normalized spacial score (nSPS) is 22.0. The van der Waals surface area contributed by atoms with E-state index in [1.807, 2.05) is 13.8 Å². The number of nitrogens with one attached hydrogen (secondary N) is 3. The predicted octanol–water partition coefficient (Wildman–Crippen LogP) is 0.645. The van der Waals surface area contributed by atoms with E-state index in [0.717, 1.165) is 49.3 Å². The second-order valence-electron chi connectivity index (χ2n) is 7.16. The molecule has 1 unspecified atom stereocenters. The summed E-state index contributed by atoms with van der Waals surface area (Å²) in [7, 11) is 0. The van der Waals surface area contributed by atoms with Crippen molar-refractivity contribution >= 4 is 11.6 Å². The third kappa shape index (κ3) is 2.43. The highest BCUT2D eigenvalue weighted by atomic mass is 16.2. The lowest BCUT2D eigenvalue weighted by Gasteiger charge is -2.23. The number of hydrogen-bond donors (Lipinski definition) is 3. The molecule has 1 aliphatic carbocycles. The van der Waals surface area contributed by atoms with Crippen LogP contribution in [0.5, 0.6) is 0 Å². The van der Waals surface area contributed by atoms with Crippen molar-refractivity contribution in [2.24, 2.45) is 11.3 Å². The number of piperidine rings is 1. The number of fused-ring (bicyclic) bond motifs is 1. The Morgan fingerprint density at radius 2 is 2.17 bits per heavy atom. The van der Waals surface area contributed by atoms with Crippen molar-refractivity contribution < 1.29 is 4.79 Å². The van der Waals surface area contributed by atoms with E-state index in [1.54, 1.807) is 4.52 Å². The number of hydrogen-bond acceptors (Lipinski definition) is 4. The average molecular weight is 329 g/mol. The van der Waals surface area contributed by atoms with Gasteiger partial charge in [-0.25, -0.2) is 9.50 Å². The quantitative estimate of drug-likeness (QED) is 0.771. The fourth-order valence-electron chi connectivity index (χ4n) is 4.11. The molecule has 7 nitrogen and oxygen atoms in total. The molecule has 1 aliphatic heterocycles. The Morgan fingerprint density at radius 1 is 1.42 bits per heavy atom. The first-order valence-corrected chi connectivity index (χ1v) is 8.56. The lowest BCUT2D eigenvalue weighted by molar-refractivity contribution is -0.123. The summed E-state index contributed by atoms with van der Waals surface area (Å²) in [5.74, 6) is 0.306. The second-order valence-corrected chi connectivity index (χ2v) is 7.16. The molecular formula is C17H23N5O2. The van der Waals surface area contributed by atoms with Crippen LogP contribution >= 0.6 is 0 Å². The number of carbonyl (C=O) groups excluding carboxylic acids is 1. The van der Waals surface area contributed by atoms with Crippen molar-refractivity contribution in [2.45, 2.75) is 39.7 Å². The molecule has 0 bridgehead atoms. The van der Waals surface area contributed by atoms with Crippen molar-refractivity contribution in [3.8, 4) is 0 Å². The van der Waals surface area contributed by atoms with Gasteiger partial charge in [0, 0.05) is 35.5 Å². The standard InChI is InChI=1S/C17H23N5O2/c1-10-12(11(2)22-14(20-10)7-15(23)21-22)9-19-16(24)13-8-17(13)3-5-18-6-4-17/h7,13,18H,3-6,8-9H2,1-2H3,(H,19,24)(H,21,23). The van der Waals surface area contributed by atoms with Crippen LogP contribution in [-0.2, 0) is 11.3 Å². The van der Waals surface area contributed by atoms with E-state index >= 15 is 0 Å². The van der Waals surface area contributed by atoms with Crippen LogP contribution in [0.3, 0.4) is 0 Å². The fourth-order valence-corrected chi connectivity index (χ4v) is 4.11. The maximum absolute atomic E-state index is 12.5. The highest BCUT2D eigenvalue weighted by molar-refractivity contribution is 5.82. The summed E-state index contributed by atoms with van der Waals surface area (Å²) in [4.78, 5) is 28.5. The van der Waals surface area contributed by atoms with Crippen LogP contribution < -0.4 is 16.2 Å². The third-order valence-electron chi connectivity index (χ3n) is 5.75. The number of aryl methyl sites for hydroxylation is 2. The third-order valence-corrected chi connectivity index (χ3v) is 5.75. The highest BCUT2D eigenvalue weighted by Crippen LogP contribution is 2.58. The molecule has 1 saturated heterocycles. The Kier molecular flexibility index (Phi) is 3.49. The first-order valence-electron chi connectivity index (χ1n) is 8.56. The number of rotatable bonds is 3. The van der Waals surface area contributed by atoms with Gasteiger partial charge in [-0.1, -0.05) is 0 Å². The smallest absolute Gasteiger partial charge is 0.266 e. The van der Waals surface area contributed by atoms with Gasteiger partial charge in [-0.2, -0.15) is 0 Å². The summed E-state index contributed by atoms with van der Waals surface area (Å²) in [5.41, 5.74) is 3.40. The van der Waals surface area contributed by atoms with Gasteiger partial charge in [-0.3, -0.25) is 14.7 Å². The Labute approximate surface area is 139 Å². The molecule has 2 aromatic heterocycles. The summed E-state index contributed by atoms with van der Waals surface area (Å²) in [5, 5.41) is 9.18. The van der Waals surface area contributed by atoms with Gasteiger partial charge < -0.3 is 10.6 Å². The molecule has 4 rings (SSSR count). The van der Waals surface area contributed by atoms with Gasteiger partial charge in [0.1, 0.15) is 0 Å². The number of H-pyrrole nitrogens is 1. The number of amides is 1. The predicted molar refractivity (Wildman–Crippen MR) is 89.8 cm³/mol. The van der Waals surface area contributed by atoms with Crippen LogP contribution in [0.25, 0.3) is 5.65 Å². The summed E-state index contributed by atoms with van der Waals surface area (Å²) < 4.78 is 1.68. The van der Waals surface area contributed by atoms with Crippen LogP contribution in [0.15, 0.2) is 10.9 Å². The molecule has 2 fully saturated rings. The van der Waals surface area contributed by atoms with E-state index in [9.17, 15) is 9.59 Å². The molecule has 1 atom stereocenters. The van der Waals surface area contributed by atoms with Gasteiger partial charge in [0.2, 0.25) is 5.91 Å². The Hall–Kier alpha value is -2.15. The molecule has 7 heteroatoms. The van der Waals surface area contributed by atoms with E-state index in [0.29, 0.717) is 12.2 Å². The summed E-state index contributed by atoms with van der Waals surface area (Å²) in [6.45, 7) is 6.33. The van der Waals surface area contributed by atoms with Crippen LogP contribution in [0.2, 0.25) is 0 Å². The Bertz CT molecular complexity index is 860. The lowest BCUT2D eigenvalue weighted by atomic mass is 9.92. The minimum absolute atomic E-state index is 0.150. The van der Waals surface area contributed by atoms with Gasteiger partial charge in [0.05, 0.1) is 0 Å². The largest absolute Gasteiger partial charge is 0.352 e. The van der Waals surface area contributed by atoms with Gasteiger partial charge in [-0.05, 0) is 51.6 Å². The topological polar surface area (TPSA) is 91.3 Å². The number of aromatic amines is 1. The molecule has 2 aliphatic rings. The SMILES string of the molecule is Cc1nc2cc(=O)[nH]n2c(C)c1CNC(=O)C1CC12CCNCC2. The van der Waals surface area contributed by atoms with Crippen LogP contribution in [0.1, 0.15) is 36.2 Å². The zero-order chi connectivity index (χ0) is 16.9. The van der Waals surface area contributed by atoms with Gasteiger partial charge in [0.15, 0.2) is 5.65 Å². The van der Waals surface area contributed by atoms with Gasteiger partial charge >= 0.3 is 0 Å². The van der Waals surface area contributed by atoms with Crippen molar-refractivity contribution in [3.63, 3.8) is 0 Å². The van der Waals surface area contributed by atoms with E-state index in [4.69, 9.17) is 0 Å². The summed E-state index contributed by atoms with van der Waals surface area (Å²) in [6, 6.07) is 1.48. The van der Waals surface area contributed by atoms with E-state index in [1.165, 1.54) is 6.07 Å². The number of nitrogens with zero attached hydrogens (tertiary/aromatic N) is 2.